The summed E-state index contributed by atoms with van der Waals surface area (Å²) < 4.78 is 27.0. The van der Waals surface area contributed by atoms with Crippen molar-refractivity contribution in [1.29, 1.82) is 0 Å². The summed E-state index contributed by atoms with van der Waals surface area (Å²) in [6, 6.07) is 6.76. The molecule has 4 rings (SSSR count). The Labute approximate surface area is 178 Å². The summed E-state index contributed by atoms with van der Waals surface area (Å²) in [4.78, 5) is 26.7. The number of fused-ring (bicyclic) bond motifs is 1. The van der Waals surface area contributed by atoms with Gasteiger partial charge in [-0.15, -0.1) is 0 Å². The number of hydrogen-bond acceptors (Lipinski definition) is 5. The van der Waals surface area contributed by atoms with Crippen molar-refractivity contribution in [2.75, 3.05) is 31.5 Å². The van der Waals surface area contributed by atoms with Gasteiger partial charge in [0.2, 0.25) is 21.8 Å². The third-order valence-electron chi connectivity index (χ3n) is 6.35. The van der Waals surface area contributed by atoms with Crippen molar-refractivity contribution in [3.63, 3.8) is 0 Å². The number of carbonyl (C=O) groups excluding carboxylic acids is 2. The topological polar surface area (TPSA) is 98.8 Å². The van der Waals surface area contributed by atoms with Crippen LogP contribution in [0.1, 0.15) is 44.9 Å². The fourth-order valence-corrected chi connectivity index (χ4v) is 6.28. The minimum absolute atomic E-state index is 0.105. The first-order chi connectivity index (χ1) is 14.4. The molecule has 9 heteroatoms. The van der Waals surface area contributed by atoms with E-state index in [2.05, 4.69) is 15.5 Å². The van der Waals surface area contributed by atoms with Gasteiger partial charge in [0.25, 0.3) is 0 Å². The van der Waals surface area contributed by atoms with Crippen molar-refractivity contribution < 1.29 is 18.0 Å². The molecular weight excluding hydrogens is 404 g/mol. The van der Waals surface area contributed by atoms with Crippen LogP contribution in [0.2, 0.25) is 0 Å². The molecule has 0 aromatic heterocycles. The molecule has 0 spiro atoms. The summed E-state index contributed by atoms with van der Waals surface area (Å²) in [5.41, 5.74) is 0.586. The summed E-state index contributed by atoms with van der Waals surface area (Å²) in [6.07, 6.45) is 6.05. The maximum atomic E-state index is 12.7. The van der Waals surface area contributed by atoms with Crippen molar-refractivity contribution in [1.82, 2.24) is 14.5 Å². The fraction of sp³-hybridized carbons (Fsp3) is 0.619. The lowest BCUT2D eigenvalue weighted by molar-refractivity contribution is -0.121. The van der Waals surface area contributed by atoms with Crippen LogP contribution in [-0.2, 0) is 19.6 Å². The van der Waals surface area contributed by atoms with E-state index in [0.29, 0.717) is 25.2 Å². The van der Waals surface area contributed by atoms with Crippen LogP contribution in [0.5, 0.6) is 0 Å². The predicted molar refractivity (Wildman–Crippen MR) is 113 cm³/mol. The molecular formula is C21H30N4O4S. The van der Waals surface area contributed by atoms with Crippen LogP contribution in [0.15, 0.2) is 29.2 Å². The quantitative estimate of drug-likeness (QED) is 0.733. The lowest BCUT2D eigenvalue weighted by atomic mass is 10.1. The largest absolute Gasteiger partial charge is 0.352 e. The van der Waals surface area contributed by atoms with Crippen molar-refractivity contribution in [2.45, 2.75) is 61.9 Å². The Morgan fingerprint density at radius 3 is 2.50 bits per heavy atom. The first kappa shape index (κ1) is 21.3. The molecule has 3 fully saturated rings. The minimum atomic E-state index is -3.47. The zero-order valence-corrected chi connectivity index (χ0v) is 18.0. The Bertz CT molecular complexity index is 881. The Balaban J connectivity index is 1.34. The summed E-state index contributed by atoms with van der Waals surface area (Å²) in [6.45, 7) is 2.19. The van der Waals surface area contributed by atoms with Crippen molar-refractivity contribution >= 4 is 27.5 Å². The Morgan fingerprint density at radius 2 is 1.77 bits per heavy atom. The molecule has 0 bridgehead atoms. The van der Waals surface area contributed by atoms with Crippen LogP contribution in [-0.4, -0.2) is 67.7 Å². The molecule has 0 aliphatic carbocycles. The molecule has 30 heavy (non-hydrogen) atoms. The first-order valence-corrected chi connectivity index (χ1v) is 12.3. The second-order valence-corrected chi connectivity index (χ2v) is 10.4. The summed E-state index contributed by atoms with van der Waals surface area (Å²) >= 11 is 0. The maximum Gasteiger partial charge on any atom is 0.243 e. The van der Waals surface area contributed by atoms with E-state index in [1.807, 2.05) is 0 Å². The third-order valence-corrected chi connectivity index (χ3v) is 8.26. The van der Waals surface area contributed by atoms with Crippen LogP contribution in [0, 0.1) is 0 Å². The van der Waals surface area contributed by atoms with E-state index in [4.69, 9.17) is 0 Å². The number of sulfonamides is 1. The van der Waals surface area contributed by atoms with Crippen LogP contribution in [0.25, 0.3) is 0 Å². The Hall–Kier alpha value is -1.97. The van der Waals surface area contributed by atoms with Crippen molar-refractivity contribution in [3.05, 3.63) is 24.3 Å². The molecule has 0 radical (unpaired) electrons. The lowest BCUT2D eigenvalue weighted by Gasteiger charge is -2.26. The second kappa shape index (κ2) is 9.03. The molecule has 1 aromatic carbocycles. The predicted octanol–water partition coefficient (Wildman–Crippen LogP) is 1.54. The molecule has 8 nitrogen and oxygen atoms in total. The molecule has 3 aliphatic rings. The van der Waals surface area contributed by atoms with Gasteiger partial charge < -0.3 is 10.6 Å². The van der Waals surface area contributed by atoms with E-state index >= 15 is 0 Å². The van der Waals surface area contributed by atoms with Crippen LogP contribution < -0.4 is 10.6 Å². The third kappa shape index (κ3) is 4.68. The minimum Gasteiger partial charge on any atom is -0.352 e. The van der Waals surface area contributed by atoms with E-state index in [0.717, 1.165) is 45.1 Å². The van der Waals surface area contributed by atoms with Gasteiger partial charge in [0, 0.05) is 43.8 Å². The normalized spacial score (nSPS) is 25.9. The van der Waals surface area contributed by atoms with Gasteiger partial charge in [0.15, 0.2) is 0 Å². The molecule has 3 aliphatic heterocycles. The molecule has 2 N–H and O–H groups in total. The highest BCUT2D eigenvalue weighted by Gasteiger charge is 2.37. The number of likely N-dealkylation sites (tertiary alicyclic amines) is 1. The van der Waals surface area contributed by atoms with E-state index < -0.39 is 10.0 Å². The van der Waals surface area contributed by atoms with Gasteiger partial charge in [-0.1, -0.05) is 6.42 Å². The van der Waals surface area contributed by atoms with Crippen LogP contribution in [0.4, 0.5) is 5.69 Å². The Morgan fingerprint density at radius 1 is 1.03 bits per heavy atom. The maximum absolute atomic E-state index is 12.7. The van der Waals surface area contributed by atoms with Gasteiger partial charge in [-0.05, 0) is 56.4 Å². The van der Waals surface area contributed by atoms with Crippen LogP contribution >= 0.6 is 0 Å². The average molecular weight is 435 g/mol. The molecule has 0 saturated carbocycles. The number of carbonyl (C=O) groups is 2. The molecule has 1 aromatic rings. The first-order valence-electron chi connectivity index (χ1n) is 10.9. The highest BCUT2D eigenvalue weighted by Crippen LogP contribution is 2.26. The second-order valence-electron chi connectivity index (χ2n) is 8.43. The smallest absolute Gasteiger partial charge is 0.243 e. The highest BCUT2D eigenvalue weighted by atomic mass is 32.2. The number of nitrogens with one attached hydrogen (secondary N) is 2. The highest BCUT2D eigenvalue weighted by molar-refractivity contribution is 7.89. The number of hydrogen-bond donors (Lipinski definition) is 2. The summed E-state index contributed by atoms with van der Waals surface area (Å²) in [7, 11) is -3.47. The summed E-state index contributed by atoms with van der Waals surface area (Å²) in [5, 5.41) is 5.94. The monoisotopic (exact) mass is 434 g/mol. The van der Waals surface area contributed by atoms with Gasteiger partial charge in [0.05, 0.1) is 11.4 Å². The number of rotatable bonds is 5. The lowest BCUT2D eigenvalue weighted by Crippen LogP contribution is -2.44. The van der Waals surface area contributed by atoms with Gasteiger partial charge in [-0.3, -0.25) is 14.5 Å². The molecule has 164 valence electrons. The Kier molecular flexibility index (Phi) is 6.40. The molecule has 2 atom stereocenters. The molecule has 0 unspecified atom stereocenters. The van der Waals surface area contributed by atoms with Crippen LogP contribution in [0.3, 0.4) is 0 Å². The standard InChI is InChI=1S/C21H30N4O4S/c26-20-6-4-5-19-18(23-20)11-14-24(19)15-21(27)22-16-7-9-17(10-8-16)30(28,29)25-12-2-1-3-13-25/h7-10,18-19H,1-6,11-15H2,(H,22,27)(H,23,26)/t18-,19-/m1/s1. The fourth-order valence-electron chi connectivity index (χ4n) is 4.77. The average Bonchev–Trinajstić information content (AvgIpc) is 2.99. The number of benzene rings is 1. The number of nitrogens with zero attached hydrogens (tertiary/aromatic N) is 2. The van der Waals surface area contributed by atoms with Gasteiger partial charge in [0.1, 0.15) is 0 Å². The van der Waals surface area contributed by atoms with E-state index in [1.165, 1.54) is 0 Å². The SMILES string of the molecule is O=C(CN1CC[C@H]2NC(=O)CCC[C@H]21)Nc1ccc(S(=O)(=O)N2CCCCC2)cc1. The summed E-state index contributed by atoms with van der Waals surface area (Å²) in [5.74, 6) is -0.0220. The van der Waals surface area contributed by atoms with Gasteiger partial charge in [-0.2, -0.15) is 4.31 Å². The molecule has 3 saturated heterocycles. The zero-order valence-electron chi connectivity index (χ0n) is 17.2. The number of piperidine rings is 1. The molecule has 2 amide bonds. The van der Waals surface area contributed by atoms with Crippen molar-refractivity contribution in [2.24, 2.45) is 0 Å². The number of amides is 2. The van der Waals surface area contributed by atoms with Gasteiger partial charge in [-0.25, -0.2) is 8.42 Å². The van der Waals surface area contributed by atoms with E-state index in [9.17, 15) is 18.0 Å². The molecule has 3 heterocycles. The van der Waals surface area contributed by atoms with Crippen molar-refractivity contribution in [3.8, 4) is 0 Å². The van der Waals surface area contributed by atoms with E-state index in [-0.39, 0.29) is 35.3 Å². The van der Waals surface area contributed by atoms with E-state index in [1.54, 1.807) is 28.6 Å². The van der Waals surface area contributed by atoms with Gasteiger partial charge >= 0.3 is 0 Å². The zero-order chi connectivity index (χ0) is 21.1. The number of anilines is 1.